The summed E-state index contributed by atoms with van der Waals surface area (Å²) < 4.78 is 81.3. The van der Waals surface area contributed by atoms with E-state index in [0.717, 1.165) is 25.3 Å². The van der Waals surface area contributed by atoms with E-state index in [1.54, 1.807) is 0 Å². The van der Waals surface area contributed by atoms with Crippen molar-refractivity contribution in [3.63, 3.8) is 0 Å². The van der Waals surface area contributed by atoms with Crippen LogP contribution in [0.1, 0.15) is 15.9 Å². The average Bonchev–Trinajstić information content (AvgIpc) is 2.67. The van der Waals surface area contributed by atoms with E-state index in [9.17, 15) is 26.4 Å². The molecule has 0 amide bonds. The summed E-state index contributed by atoms with van der Waals surface area (Å²) in [6.07, 6.45) is -4.68. The Morgan fingerprint density at radius 2 is 1.79 bits per heavy atom. The number of esters is 1. The number of hydrogen-bond acceptors (Lipinski definition) is 6. The van der Waals surface area contributed by atoms with Crippen molar-refractivity contribution in [3.05, 3.63) is 53.6 Å². The summed E-state index contributed by atoms with van der Waals surface area (Å²) in [5, 5.41) is 0. The van der Waals surface area contributed by atoms with Gasteiger partial charge in [-0.2, -0.15) is 13.2 Å². The molecule has 0 radical (unpaired) electrons. The van der Waals surface area contributed by atoms with Crippen molar-refractivity contribution in [2.45, 2.75) is 11.1 Å². The molecule has 0 heterocycles. The zero-order valence-corrected chi connectivity index (χ0v) is 16.3. The number of sulfonamides is 1. The van der Waals surface area contributed by atoms with Crippen LogP contribution in [0.5, 0.6) is 5.75 Å². The standard InChI is InChI=1S/C18H18F3NO6S/c1-26-8-9-28-16-7-6-13(18(19,20)21)11-15(16)22-29(24,25)14-5-3-4-12(10-14)17(23)27-2/h3-7,10-11,22H,8-9H2,1-2H3. The number of nitrogens with one attached hydrogen (secondary N) is 1. The molecular weight excluding hydrogens is 415 g/mol. The predicted octanol–water partition coefficient (Wildman–Crippen LogP) is 3.32. The molecule has 2 rings (SSSR count). The van der Waals surface area contributed by atoms with Gasteiger partial charge in [0.05, 0.1) is 35.4 Å². The van der Waals surface area contributed by atoms with Crippen LogP contribution in [0.15, 0.2) is 47.4 Å². The zero-order valence-electron chi connectivity index (χ0n) is 15.4. The summed E-state index contributed by atoms with van der Waals surface area (Å²) in [4.78, 5) is 11.3. The van der Waals surface area contributed by atoms with Gasteiger partial charge in [0.25, 0.3) is 10.0 Å². The second-order valence-corrected chi connectivity index (χ2v) is 7.36. The Labute approximate surface area is 165 Å². The number of methoxy groups -OCH3 is 2. The Kier molecular flexibility index (Phi) is 7.09. The summed E-state index contributed by atoms with van der Waals surface area (Å²) in [5.41, 5.74) is -1.49. The third kappa shape index (κ3) is 5.84. The van der Waals surface area contributed by atoms with E-state index in [1.807, 2.05) is 0 Å². The smallest absolute Gasteiger partial charge is 0.416 e. The van der Waals surface area contributed by atoms with Gasteiger partial charge in [0.2, 0.25) is 0 Å². The maximum absolute atomic E-state index is 13.1. The fraction of sp³-hybridized carbons (Fsp3) is 0.278. The third-order valence-corrected chi connectivity index (χ3v) is 5.02. The lowest BCUT2D eigenvalue weighted by Gasteiger charge is -2.16. The van der Waals surface area contributed by atoms with Gasteiger partial charge in [-0.3, -0.25) is 4.72 Å². The molecule has 1 N–H and O–H groups in total. The largest absolute Gasteiger partial charge is 0.489 e. The molecule has 0 unspecified atom stereocenters. The number of benzene rings is 2. The Bertz CT molecular complexity index is 976. The lowest BCUT2D eigenvalue weighted by Crippen LogP contribution is -2.16. The van der Waals surface area contributed by atoms with Gasteiger partial charge in [0.1, 0.15) is 12.4 Å². The highest BCUT2D eigenvalue weighted by atomic mass is 32.2. The van der Waals surface area contributed by atoms with Crippen molar-refractivity contribution in [2.24, 2.45) is 0 Å². The van der Waals surface area contributed by atoms with Gasteiger partial charge in [-0.15, -0.1) is 0 Å². The summed E-state index contributed by atoms with van der Waals surface area (Å²) in [6.45, 7) is 0.142. The topological polar surface area (TPSA) is 90.9 Å². The predicted molar refractivity (Wildman–Crippen MR) is 97.4 cm³/mol. The van der Waals surface area contributed by atoms with Crippen molar-refractivity contribution in [1.82, 2.24) is 0 Å². The van der Waals surface area contributed by atoms with E-state index in [4.69, 9.17) is 9.47 Å². The monoisotopic (exact) mass is 433 g/mol. The van der Waals surface area contributed by atoms with Crippen molar-refractivity contribution in [3.8, 4) is 5.75 Å². The zero-order chi connectivity index (χ0) is 21.7. The van der Waals surface area contributed by atoms with Crippen molar-refractivity contribution < 1.29 is 40.6 Å². The molecule has 158 valence electrons. The fourth-order valence-electron chi connectivity index (χ4n) is 2.26. The number of alkyl halides is 3. The highest BCUT2D eigenvalue weighted by molar-refractivity contribution is 7.92. The van der Waals surface area contributed by atoms with Crippen LogP contribution in [0.4, 0.5) is 18.9 Å². The first-order valence-corrected chi connectivity index (χ1v) is 9.61. The molecule has 0 aliphatic carbocycles. The fourth-order valence-corrected chi connectivity index (χ4v) is 3.37. The van der Waals surface area contributed by atoms with Gasteiger partial charge in [-0.25, -0.2) is 13.2 Å². The highest BCUT2D eigenvalue weighted by Gasteiger charge is 2.32. The van der Waals surface area contributed by atoms with Crippen LogP contribution in [0.25, 0.3) is 0 Å². The summed E-state index contributed by atoms with van der Waals surface area (Å²) in [7, 11) is -1.79. The Morgan fingerprint density at radius 1 is 1.07 bits per heavy atom. The number of carbonyl (C=O) groups excluding carboxylic acids is 1. The molecule has 0 saturated carbocycles. The minimum atomic E-state index is -4.68. The first-order chi connectivity index (χ1) is 13.6. The molecule has 0 fully saturated rings. The molecule has 2 aromatic rings. The molecule has 0 bridgehead atoms. The summed E-state index contributed by atoms with van der Waals surface area (Å²) in [6, 6.07) is 7.31. The Hall–Kier alpha value is -2.79. The number of anilines is 1. The van der Waals surface area contributed by atoms with Crippen LogP contribution in [-0.2, 0) is 25.7 Å². The molecule has 11 heteroatoms. The Balaban J connectivity index is 2.42. The summed E-state index contributed by atoms with van der Waals surface area (Å²) in [5.74, 6) is -0.868. The third-order valence-electron chi connectivity index (χ3n) is 3.66. The van der Waals surface area contributed by atoms with Crippen LogP contribution in [0.3, 0.4) is 0 Å². The second-order valence-electron chi connectivity index (χ2n) is 5.67. The quantitative estimate of drug-likeness (QED) is 0.507. The molecule has 0 atom stereocenters. The highest BCUT2D eigenvalue weighted by Crippen LogP contribution is 2.36. The van der Waals surface area contributed by atoms with E-state index in [0.29, 0.717) is 6.07 Å². The molecule has 29 heavy (non-hydrogen) atoms. The molecule has 0 aliphatic rings. The van der Waals surface area contributed by atoms with Crippen LogP contribution in [0, 0.1) is 0 Å². The maximum Gasteiger partial charge on any atom is 0.416 e. The first-order valence-electron chi connectivity index (χ1n) is 8.12. The van der Waals surface area contributed by atoms with E-state index in [2.05, 4.69) is 9.46 Å². The minimum absolute atomic E-state index is 0.00554. The molecule has 2 aromatic carbocycles. The van der Waals surface area contributed by atoms with Gasteiger partial charge < -0.3 is 14.2 Å². The number of carbonyl (C=O) groups is 1. The van der Waals surface area contributed by atoms with Gasteiger partial charge >= 0.3 is 12.1 Å². The van der Waals surface area contributed by atoms with Crippen molar-refractivity contribution in [1.29, 1.82) is 0 Å². The van der Waals surface area contributed by atoms with Crippen molar-refractivity contribution in [2.75, 3.05) is 32.2 Å². The summed E-state index contributed by atoms with van der Waals surface area (Å²) >= 11 is 0. The first kappa shape index (κ1) is 22.5. The van der Waals surface area contributed by atoms with Crippen LogP contribution < -0.4 is 9.46 Å². The Morgan fingerprint density at radius 3 is 2.41 bits per heavy atom. The van der Waals surface area contributed by atoms with Crippen molar-refractivity contribution >= 4 is 21.7 Å². The molecule has 7 nitrogen and oxygen atoms in total. The number of halogens is 3. The minimum Gasteiger partial charge on any atom is -0.489 e. The molecule has 0 spiro atoms. The SMILES string of the molecule is COCCOc1ccc(C(F)(F)F)cc1NS(=O)(=O)c1cccc(C(=O)OC)c1. The van der Waals surface area contributed by atoms with E-state index in [-0.39, 0.29) is 29.4 Å². The van der Waals surface area contributed by atoms with E-state index < -0.39 is 33.4 Å². The maximum atomic E-state index is 13.1. The van der Waals surface area contributed by atoms with Gasteiger partial charge in [-0.1, -0.05) is 6.07 Å². The van der Waals surface area contributed by atoms with Crippen LogP contribution >= 0.6 is 0 Å². The van der Waals surface area contributed by atoms with Crippen LogP contribution in [-0.4, -0.2) is 41.8 Å². The van der Waals surface area contributed by atoms with Gasteiger partial charge in [0.15, 0.2) is 0 Å². The second kappa shape index (κ2) is 9.14. The van der Waals surface area contributed by atoms with E-state index in [1.165, 1.54) is 25.3 Å². The average molecular weight is 433 g/mol. The van der Waals surface area contributed by atoms with Crippen LogP contribution in [0.2, 0.25) is 0 Å². The number of ether oxygens (including phenoxy) is 3. The van der Waals surface area contributed by atoms with E-state index >= 15 is 0 Å². The molecular formula is C18H18F3NO6S. The molecule has 0 aromatic heterocycles. The lowest BCUT2D eigenvalue weighted by atomic mass is 10.2. The van der Waals surface area contributed by atoms with Gasteiger partial charge in [0, 0.05) is 7.11 Å². The number of hydrogen-bond donors (Lipinski definition) is 1. The number of rotatable bonds is 8. The normalized spacial score (nSPS) is 11.8. The molecule has 0 saturated heterocycles. The lowest BCUT2D eigenvalue weighted by molar-refractivity contribution is -0.137. The van der Waals surface area contributed by atoms with Gasteiger partial charge in [-0.05, 0) is 36.4 Å². The molecule has 0 aliphatic heterocycles.